The molecule has 2 aliphatic rings. The number of nitrogens with zero attached hydrogens (tertiary/aromatic N) is 4. The average Bonchev–Trinajstić information content (AvgIpc) is 3.31. The molecule has 31 heavy (non-hydrogen) atoms. The van der Waals surface area contributed by atoms with Gasteiger partial charge in [0.05, 0.1) is 24.2 Å². The lowest BCUT2D eigenvalue weighted by Crippen LogP contribution is -2.40. The predicted octanol–water partition coefficient (Wildman–Crippen LogP) is 2.84. The van der Waals surface area contributed by atoms with Gasteiger partial charge in [-0.1, -0.05) is 30.3 Å². The second-order valence-electron chi connectivity index (χ2n) is 7.49. The number of likely N-dealkylation sites (tertiary alicyclic amines) is 1. The number of anilines is 1. The number of aryl methyl sites for hydroxylation is 1. The molecule has 1 amide bonds. The first-order valence-electron chi connectivity index (χ1n) is 9.87. The Morgan fingerprint density at radius 3 is 2.26 bits per heavy atom. The summed E-state index contributed by atoms with van der Waals surface area (Å²) in [4.78, 5) is 26.0. The molecule has 3 heterocycles. The van der Waals surface area contributed by atoms with Crippen molar-refractivity contribution < 1.29 is 27.9 Å². The van der Waals surface area contributed by atoms with Crippen molar-refractivity contribution >= 4 is 17.7 Å². The molecule has 166 valence electrons. The van der Waals surface area contributed by atoms with Gasteiger partial charge in [0.15, 0.2) is 5.82 Å². The lowest BCUT2D eigenvalue weighted by molar-refractivity contribution is -0.192. The van der Waals surface area contributed by atoms with Gasteiger partial charge in [0.25, 0.3) is 0 Å². The second kappa shape index (κ2) is 9.32. The Hall–Kier alpha value is -3.17. The highest BCUT2D eigenvalue weighted by molar-refractivity contribution is 5.79. The molecule has 0 aliphatic carbocycles. The highest BCUT2D eigenvalue weighted by Gasteiger charge is 2.44. The SMILES string of the molecule is Cc1ccc(N2CC[C@@H]3[C@@H]2CCN3C(=O)Cc2ccccc2)nn1.O=C(O)C(F)(F)F. The van der Waals surface area contributed by atoms with Gasteiger partial charge in [-0.3, -0.25) is 4.79 Å². The van der Waals surface area contributed by atoms with Crippen LogP contribution in [-0.2, 0) is 16.0 Å². The van der Waals surface area contributed by atoms with Crippen molar-refractivity contribution in [3.63, 3.8) is 0 Å². The van der Waals surface area contributed by atoms with Crippen LogP contribution in [0.15, 0.2) is 42.5 Å². The van der Waals surface area contributed by atoms with Gasteiger partial charge in [-0.05, 0) is 37.5 Å². The van der Waals surface area contributed by atoms with Gasteiger partial charge in [0.1, 0.15) is 0 Å². The van der Waals surface area contributed by atoms with Crippen LogP contribution < -0.4 is 4.90 Å². The molecule has 0 saturated carbocycles. The molecule has 7 nitrogen and oxygen atoms in total. The summed E-state index contributed by atoms with van der Waals surface area (Å²) in [5.41, 5.74) is 2.02. The molecule has 0 radical (unpaired) electrons. The van der Waals surface area contributed by atoms with Crippen molar-refractivity contribution in [2.24, 2.45) is 0 Å². The van der Waals surface area contributed by atoms with E-state index < -0.39 is 12.1 Å². The maximum atomic E-state index is 12.7. The van der Waals surface area contributed by atoms with Crippen molar-refractivity contribution in [2.45, 2.75) is 44.4 Å². The minimum Gasteiger partial charge on any atom is -0.475 e. The van der Waals surface area contributed by atoms with Crippen molar-refractivity contribution in [3.8, 4) is 0 Å². The van der Waals surface area contributed by atoms with Gasteiger partial charge < -0.3 is 14.9 Å². The van der Waals surface area contributed by atoms with Crippen LogP contribution >= 0.6 is 0 Å². The minimum atomic E-state index is -5.08. The third-order valence-corrected chi connectivity index (χ3v) is 5.42. The molecular weight excluding hydrogens is 413 g/mol. The number of benzene rings is 1. The van der Waals surface area contributed by atoms with Crippen molar-refractivity contribution in [1.82, 2.24) is 15.1 Å². The molecular formula is C21H23F3N4O3. The van der Waals surface area contributed by atoms with Crippen molar-refractivity contribution in [3.05, 3.63) is 53.7 Å². The number of carbonyl (C=O) groups is 2. The highest BCUT2D eigenvalue weighted by Crippen LogP contribution is 2.34. The van der Waals surface area contributed by atoms with E-state index in [0.29, 0.717) is 18.5 Å². The van der Waals surface area contributed by atoms with Crippen LogP contribution in [0.5, 0.6) is 0 Å². The number of aromatic nitrogens is 2. The van der Waals surface area contributed by atoms with Crippen LogP contribution in [0, 0.1) is 6.92 Å². The fourth-order valence-electron chi connectivity index (χ4n) is 4.00. The Bertz CT molecular complexity index is 906. The molecule has 2 atom stereocenters. The Morgan fingerprint density at radius 1 is 1.03 bits per heavy atom. The summed E-state index contributed by atoms with van der Waals surface area (Å²) in [6.45, 7) is 3.74. The molecule has 2 aromatic rings. The smallest absolute Gasteiger partial charge is 0.475 e. The van der Waals surface area contributed by atoms with Gasteiger partial charge in [-0.15, -0.1) is 5.10 Å². The summed E-state index contributed by atoms with van der Waals surface area (Å²) < 4.78 is 31.7. The normalized spacial score (nSPS) is 20.1. The summed E-state index contributed by atoms with van der Waals surface area (Å²) in [6.07, 6.45) is -2.56. The monoisotopic (exact) mass is 436 g/mol. The Kier molecular flexibility index (Phi) is 6.77. The molecule has 2 aliphatic heterocycles. The fourth-order valence-corrected chi connectivity index (χ4v) is 4.00. The number of hydrogen-bond donors (Lipinski definition) is 1. The van der Waals surface area contributed by atoms with E-state index in [4.69, 9.17) is 9.90 Å². The number of fused-ring (bicyclic) bond motifs is 1. The number of carbonyl (C=O) groups excluding carboxylic acids is 1. The van der Waals surface area contributed by atoms with Crippen LogP contribution in [0.3, 0.4) is 0 Å². The Morgan fingerprint density at radius 2 is 1.68 bits per heavy atom. The average molecular weight is 436 g/mol. The molecule has 1 aromatic heterocycles. The first kappa shape index (κ1) is 22.5. The Balaban J connectivity index is 0.000000339. The summed E-state index contributed by atoms with van der Waals surface area (Å²) in [6, 6.07) is 14.7. The Labute approximate surface area is 177 Å². The molecule has 0 spiro atoms. The van der Waals surface area contributed by atoms with Gasteiger partial charge in [0.2, 0.25) is 5.91 Å². The molecule has 2 fully saturated rings. The summed E-state index contributed by atoms with van der Waals surface area (Å²) in [5, 5.41) is 15.6. The molecule has 10 heteroatoms. The number of carboxylic acids is 1. The molecule has 1 aromatic carbocycles. The van der Waals surface area contributed by atoms with E-state index in [-0.39, 0.29) is 5.91 Å². The first-order valence-corrected chi connectivity index (χ1v) is 9.87. The van der Waals surface area contributed by atoms with Crippen LogP contribution in [-0.4, -0.2) is 63.4 Å². The van der Waals surface area contributed by atoms with Crippen molar-refractivity contribution in [1.29, 1.82) is 0 Å². The standard InChI is InChI=1S/C19H22N4O.C2HF3O2/c1-14-7-8-18(21-20-14)22-11-9-17-16(22)10-12-23(17)19(24)13-15-5-3-2-4-6-15;3-2(4,5)1(6)7/h2-8,16-17H,9-13H2,1H3;(H,6,7)/t16-,17+;/m0./s1. The van der Waals surface area contributed by atoms with Crippen LogP contribution in [0.4, 0.5) is 19.0 Å². The van der Waals surface area contributed by atoms with Gasteiger partial charge in [-0.2, -0.15) is 18.3 Å². The van der Waals surface area contributed by atoms with Gasteiger partial charge in [-0.25, -0.2) is 4.79 Å². The van der Waals surface area contributed by atoms with Crippen molar-refractivity contribution in [2.75, 3.05) is 18.0 Å². The summed E-state index contributed by atoms with van der Waals surface area (Å²) >= 11 is 0. The predicted molar refractivity (Wildman–Crippen MR) is 106 cm³/mol. The lowest BCUT2D eigenvalue weighted by atomic mass is 10.1. The molecule has 2 saturated heterocycles. The van der Waals surface area contributed by atoms with E-state index >= 15 is 0 Å². The minimum absolute atomic E-state index is 0.241. The van der Waals surface area contributed by atoms with Gasteiger partial charge in [0, 0.05) is 13.1 Å². The largest absolute Gasteiger partial charge is 0.490 e. The fraction of sp³-hybridized carbons (Fsp3) is 0.429. The molecule has 4 rings (SSSR count). The third-order valence-electron chi connectivity index (χ3n) is 5.42. The number of amides is 1. The molecule has 0 unspecified atom stereocenters. The zero-order chi connectivity index (χ0) is 22.6. The zero-order valence-electron chi connectivity index (χ0n) is 16.9. The van der Waals surface area contributed by atoms with Crippen LogP contribution in [0.1, 0.15) is 24.1 Å². The number of alkyl halides is 3. The number of aliphatic carboxylic acids is 1. The number of halogens is 3. The molecule has 1 N–H and O–H groups in total. The second-order valence-corrected chi connectivity index (χ2v) is 7.49. The topological polar surface area (TPSA) is 86.6 Å². The number of hydrogen-bond acceptors (Lipinski definition) is 5. The quantitative estimate of drug-likeness (QED) is 0.796. The van der Waals surface area contributed by atoms with E-state index in [1.807, 2.05) is 49.4 Å². The molecule has 0 bridgehead atoms. The van der Waals surface area contributed by atoms with Crippen LogP contribution in [0.2, 0.25) is 0 Å². The van der Waals surface area contributed by atoms with E-state index in [1.54, 1.807) is 0 Å². The lowest BCUT2D eigenvalue weighted by Gasteiger charge is -2.26. The summed E-state index contributed by atoms with van der Waals surface area (Å²) in [5.74, 6) is -1.58. The van der Waals surface area contributed by atoms with Crippen LogP contribution in [0.25, 0.3) is 0 Å². The maximum absolute atomic E-state index is 12.7. The van der Waals surface area contributed by atoms with E-state index in [0.717, 1.165) is 43.0 Å². The number of carboxylic acid groups (broad SMARTS) is 1. The summed E-state index contributed by atoms with van der Waals surface area (Å²) in [7, 11) is 0. The number of rotatable bonds is 3. The van der Waals surface area contributed by atoms with E-state index in [2.05, 4.69) is 20.0 Å². The van der Waals surface area contributed by atoms with E-state index in [9.17, 15) is 18.0 Å². The van der Waals surface area contributed by atoms with Gasteiger partial charge >= 0.3 is 12.1 Å². The third kappa shape index (κ3) is 5.50. The highest BCUT2D eigenvalue weighted by atomic mass is 19.4. The maximum Gasteiger partial charge on any atom is 0.490 e. The first-order chi connectivity index (χ1) is 14.7. The van der Waals surface area contributed by atoms with E-state index in [1.165, 1.54) is 0 Å². The zero-order valence-corrected chi connectivity index (χ0v) is 16.9.